The van der Waals surface area contributed by atoms with Gasteiger partial charge < -0.3 is 25.4 Å². The van der Waals surface area contributed by atoms with Crippen LogP contribution in [0.4, 0.5) is 10.8 Å². The van der Waals surface area contributed by atoms with Crippen LogP contribution in [-0.2, 0) is 34.5 Å². The van der Waals surface area contributed by atoms with E-state index in [9.17, 15) is 29.1 Å². The molecule has 0 spiro atoms. The van der Waals surface area contributed by atoms with Gasteiger partial charge in [0.2, 0.25) is 22.1 Å². The Bertz CT molecular complexity index is 3700. The number of azo groups is 1. The summed E-state index contributed by atoms with van der Waals surface area (Å²) in [6, 6.07) is 33.8. The number of nitrogens with zero attached hydrogens (tertiary/aromatic N) is 10. The lowest BCUT2D eigenvalue weighted by Gasteiger charge is -2.38. The number of benzene rings is 4. The maximum Gasteiger partial charge on any atom is 0.301 e. The Hall–Kier alpha value is -8.57. The molecule has 1 fully saturated rings. The second-order valence-electron chi connectivity index (χ2n) is 19.0. The lowest BCUT2D eigenvalue weighted by molar-refractivity contribution is -0.136. The third kappa shape index (κ3) is 12.2. The van der Waals surface area contributed by atoms with E-state index in [2.05, 4.69) is 41.0 Å². The van der Waals surface area contributed by atoms with Gasteiger partial charge >= 0.3 is 5.56 Å². The molecule has 0 unspecified atom stereocenters. The summed E-state index contributed by atoms with van der Waals surface area (Å²) in [6.07, 6.45) is 4.26. The van der Waals surface area contributed by atoms with Gasteiger partial charge in [-0.15, -0.1) is 32.9 Å². The summed E-state index contributed by atoms with van der Waals surface area (Å²) in [7, 11) is 1.75. The first-order valence-corrected chi connectivity index (χ1v) is 27.1. The number of hydrogen-bond acceptors (Lipinski definition) is 15. The molecule has 4 aromatic carbocycles. The molecule has 1 saturated heterocycles. The number of aromatic nitrogens is 8. The Morgan fingerprint density at radius 2 is 1.56 bits per heavy atom. The Labute approximate surface area is 455 Å². The first kappa shape index (κ1) is 52.9. The number of hydrogen-bond donors (Lipinski definition) is 4. The highest BCUT2D eigenvalue weighted by Crippen LogP contribution is 2.32. The summed E-state index contributed by atoms with van der Waals surface area (Å²) >= 11 is 2.59. The minimum Gasteiger partial charge on any atom is -0.388 e. The number of piperidine rings is 1. The number of rotatable bonds is 20. The van der Waals surface area contributed by atoms with Crippen LogP contribution in [0.15, 0.2) is 152 Å². The van der Waals surface area contributed by atoms with Gasteiger partial charge in [-0.05, 0) is 42.0 Å². The Balaban J connectivity index is 0.648. The normalized spacial score (nSPS) is 13.8. The van der Waals surface area contributed by atoms with Crippen molar-refractivity contribution in [3.05, 3.63) is 170 Å². The molecule has 0 radical (unpaired) electrons. The fourth-order valence-electron chi connectivity index (χ4n) is 9.26. The highest BCUT2D eigenvalue weighted by atomic mass is 32.1. The second-order valence-corrected chi connectivity index (χ2v) is 20.7. The van der Waals surface area contributed by atoms with Gasteiger partial charge in [0.1, 0.15) is 5.52 Å². The SMILES string of the molecule is C[C@H](CC(=O)N1CCC(O)(Cn2cnc3c(-c4ccc(CNC(=O)CCOCCNC(=O)c5ccc(-c6csc(-n7[nH]c(-c8ccccc8)c(N=Nc8nccs8)c7=O)n6)cc5)cc4)n(C)nc3c2=O)CC1)c1ccccc1. The topological polar surface area (TPSA) is 249 Å². The Kier molecular flexibility index (Phi) is 16.1. The zero-order valence-electron chi connectivity index (χ0n) is 42.7. The van der Waals surface area contributed by atoms with E-state index in [-0.39, 0.29) is 73.1 Å². The van der Waals surface area contributed by atoms with E-state index in [4.69, 9.17) is 9.72 Å². The lowest BCUT2D eigenvalue weighted by Crippen LogP contribution is -2.49. The average molecular weight is 1090 g/mol. The molecule has 1 aliphatic heterocycles. The molecule has 22 heteroatoms. The number of aryl methyl sites for hydroxylation is 1. The van der Waals surface area contributed by atoms with Crippen molar-refractivity contribution in [3.8, 4) is 38.9 Å². The summed E-state index contributed by atoms with van der Waals surface area (Å²) in [4.78, 5) is 81.4. The monoisotopic (exact) mass is 1090 g/mol. The number of ether oxygens (including phenoxy) is 1. The van der Waals surface area contributed by atoms with Crippen molar-refractivity contribution in [1.29, 1.82) is 0 Å². The number of amides is 3. The quantitative estimate of drug-likeness (QED) is 0.0421. The van der Waals surface area contributed by atoms with Crippen molar-refractivity contribution in [3.63, 3.8) is 0 Å². The van der Waals surface area contributed by atoms with Crippen molar-refractivity contribution >= 4 is 62.2 Å². The molecular formula is C56H55N13O7S2. The molecule has 1 aliphatic rings. The number of carbonyl (C=O) groups is 3. The van der Waals surface area contributed by atoms with Gasteiger partial charge in [0, 0.05) is 85.3 Å². The second kappa shape index (κ2) is 23.8. The number of H-pyrrole nitrogens is 1. The maximum absolute atomic E-state index is 13.7. The predicted molar refractivity (Wildman–Crippen MR) is 297 cm³/mol. The average Bonchev–Trinajstić information content (AvgIpc) is 4.37. The molecular weight excluding hydrogens is 1030 g/mol. The Morgan fingerprint density at radius 1 is 0.833 bits per heavy atom. The third-order valence-corrected chi connectivity index (χ3v) is 15.1. The number of carbonyl (C=O) groups excluding carboxylic acids is 3. The highest BCUT2D eigenvalue weighted by molar-refractivity contribution is 7.13. The first-order chi connectivity index (χ1) is 37.9. The summed E-state index contributed by atoms with van der Waals surface area (Å²) < 4.78 is 10.0. The van der Waals surface area contributed by atoms with Gasteiger partial charge in [0.05, 0.1) is 48.8 Å². The van der Waals surface area contributed by atoms with Gasteiger partial charge in [-0.2, -0.15) is 9.78 Å². The van der Waals surface area contributed by atoms with Crippen LogP contribution in [0.3, 0.4) is 0 Å². The van der Waals surface area contributed by atoms with Gasteiger partial charge in [0.25, 0.3) is 11.5 Å². The van der Waals surface area contributed by atoms with Gasteiger partial charge in [0.15, 0.2) is 11.2 Å². The van der Waals surface area contributed by atoms with Crippen LogP contribution in [0.2, 0.25) is 0 Å². The zero-order valence-corrected chi connectivity index (χ0v) is 44.4. The molecule has 4 N–H and O–H groups in total. The minimum atomic E-state index is -1.18. The smallest absolute Gasteiger partial charge is 0.301 e. The highest BCUT2D eigenvalue weighted by Gasteiger charge is 2.35. The van der Waals surface area contributed by atoms with Crippen LogP contribution < -0.4 is 21.8 Å². The number of likely N-dealkylation sites (tertiary alicyclic amines) is 1. The fraction of sp³-hybridized carbons (Fsp3) is 0.268. The molecule has 3 amide bonds. The van der Waals surface area contributed by atoms with E-state index in [0.29, 0.717) is 77.3 Å². The summed E-state index contributed by atoms with van der Waals surface area (Å²) in [5.41, 5.74) is 5.30. The van der Waals surface area contributed by atoms with E-state index in [0.717, 1.165) is 27.8 Å². The summed E-state index contributed by atoms with van der Waals surface area (Å²) in [5.74, 6) is -0.341. The zero-order chi connectivity index (χ0) is 54.2. The van der Waals surface area contributed by atoms with Crippen molar-refractivity contribution < 1.29 is 24.2 Å². The van der Waals surface area contributed by atoms with E-state index >= 15 is 0 Å². The molecule has 398 valence electrons. The lowest BCUT2D eigenvalue weighted by atomic mass is 9.90. The molecule has 1 atom stereocenters. The molecule has 10 rings (SSSR count). The van der Waals surface area contributed by atoms with E-state index in [1.807, 2.05) is 97.2 Å². The fourth-order valence-corrected chi connectivity index (χ4v) is 10.5. The van der Waals surface area contributed by atoms with Crippen molar-refractivity contribution in [2.45, 2.75) is 57.2 Å². The van der Waals surface area contributed by atoms with E-state index in [1.54, 1.807) is 52.5 Å². The molecule has 0 bridgehead atoms. The molecule has 0 aliphatic carbocycles. The van der Waals surface area contributed by atoms with Crippen molar-refractivity contribution in [1.82, 2.24) is 54.6 Å². The van der Waals surface area contributed by atoms with Crippen LogP contribution in [0, 0.1) is 0 Å². The molecule has 6 heterocycles. The predicted octanol–water partition coefficient (Wildman–Crippen LogP) is 7.94. The van der Waals surface area contributed by atoms with Gasteiger partial charge in [-0.3, -0.25) is 38.3 Å². The third-order valence-electron chi connectivity index (χ3n) is 13.6. The van der Waals surface area contributed by atoms with Crippen LogP contribution in [0.1, 0.15) is 60.0 Å². The molecule has 9 aromatic rings. The molecule has 20 nitrogen and oxygen atoms in total. The molecule has 78 heavy (non-hydrogen) atoms. The summed E-state index contributed by atoms with van der Waals surface area (Å²) in [5, 5.41) is 37.8. The number of nitrogens with one attached hydrogen (secondary N) is 3. The summed E-state index contributed by atoms with van der Waals surface area (Å²) in [6.45, 7) is 3.80. The van der Waals surface area contributed by atoms with Gasteiger partial charge in [-0.25, -0.2) is 15.0 Å². The van der Waals surface area contributed by atoms with Crippen molar-refractivity contribution in [2.75, 3.05) is 32.8 Å². The van der Waals surface area contributed by atoms with Gasteiger partial charge in [-0.1, -0.05) is 104 Å². The van der Waals surface area contributed by atoms with E-state index < -0.39 is 11.2 Å². The molecule has 5 aromatic heterocycles. The van der Waals surface area contributed by atoms with Crippen molar-refractivity contribution in [2.24, 2.45) is 17.3 Å². The van der Waals surface area contributed by atoms with Crippen LogP contribution in [0.25, 0.3) is 49.9 Å². The maximum atomic E-state index is 13.7. The Morgan fingerprint density at radius 3 is 2.29 bits per heavy atom. The number of fused-ring (bicyclic) bond motifs is 1. The van der Waals surface area contributed by atoms with Crippen LogP contribution in [0.5, 0.6) is 0 Å². The first-order valence-electron chi connectivity index (χ1n) is 25.4. The number of thiazole rings is 2. The van der Waals surface area contributed by atoms with Crippen LogP contribution >= 0.6 is 22.7 Å². The number of aromatic amines is 1. The van der Waals surface area contributed by atoms with E-state index in [1.165, 1.54) is 38.2 Å². The number of aliphatic hydroxyl groups is 1. The minimum absolute atomic E-state index is 0.0383. The van der Waals surface area contributed by atoms with Crippen LogP contribution in [-0.4, -0.2) is 105 Å². The largest absolute Gasteiger partial charge is 0.388 e. The standard InChI is InChI=1S/C56H55N13O7S2/c1-36(38-9-5-3-6-10-38)31-45(71)67-26-22-56(75,23-27-67)34-68-35-60-47-49(52(68)73)64-66(2)50(47)41-15-13-37(14-16-41)32-59-44(70)21-28-76-29-24-57-51(72)42-19-17-39(18-20-42)43-33-78-55(61-43)69-53(74)48(62-63-54-58-25-30-77-54)46(65-69)40-11-7-4-8-12-40/h3-20,25,30,33,35-36,65,75H,21-24,26-29,31-32,34H2,1-2H3,(H,57,72)(H,59,70)/t36-/m1/s1. The molecule has 0 saturated carbocycles.